The number of fused-ring (bicyclic) bond motifs is 1. The van der Waals surface area contributed by atoms with Gasteiger partial charge in [-0.3, -0.25) is 4.79 Å². The van der Waals surface area contributed by atoms with Gasteiger partial charge in [-0.25, -0.2) is 0 Å². The van der Waals surface area contributed by atoms with E-state index in [1.165, 1.54) is 11.1 Å². The van der Waals surface area contributed by atoms with Gasteiger partial charge in [0.2, 0.25) is 0 Å². The molecule has 2 rings (SSSR count). The van der Waals surface area contributed by atoms with Crippen molar-refractivity contribution in [2.24, 2.45) is 11.3 Å². The monoisotopic (exact) mass is 244 g/mol. The van der Waals surface area contributed by atoms with Gasteiger partial charge in [0.1, 0.15) is 5.78 Å². The van der Waals surface area contributed by atoms with E-state index < -0.39 is 0 Å². The standard InChI is InChI=1S/C17H24O/c1-12(2)17(3,4)16(18)15-11-7-9-13-8-5-6-10-14(13)15/h5-6,8,10,12,15H,7,9,11H2,1-4H3. The zero-order valence-corrected chi connectivity index (χ0v) is 12.0. The lowest BCUT2D eigenvalue weighted by Gasteiger charge is -2.34. The van der Waals surface area contributed by atoms with Gasteiger partial charge in [0.25, 0.3) is 0 Å². The second-order valence-electron chi connectivity index (χ2n) is 6.38. The molecule has 1 atom stereocenters. The second kappa shape index (κ2) is 4.87. The fourth-order valence-electron chi connectivity index (χ4n) is 2.76. The smallest absolute Gasteiger partial charge is 0.146 e. The van der Waals surface area contributed by atoms with Crippen molar-refractivity contribution in [2.45, 2.75) is 52.9 Å². The molecule has 0 amide bonds. The van der Waals surface area contributed by atoms with Gasteiger partial charge in [0.05, 0.1) is 0 Å². The van der Waals surface area contributed by atoms with E-state index in [-0.39, 0.29) is 11.3 Å². The summed E-state index contributed by atoms with van der Waals surface area (Å²) in [5, 5.41) is 0. The Balaban J connectivity index is 2.34. The van der Waals surface area contributed by atoms with Crippen molar-refractivity contribution >= 4 is 5.78 Å². The summed E-state index contributed by atoms with van der Waals surface area (Å²) in [6.45, 7) is 8.48. The first-order valence-electron chi connectivity index (χ1n) is 7.06. The maximum Gasteiger partial charge on any atom is 0.146 e. The molecule has 0 heterocycles. The summed E-state index contributed by atoms with van der Waals surface area (Å²) in [6, 6.07) is 8.47. The summed E-state index contributed by atoms with van der Waals surface area (Å²) >= 11 is 0. The average molecular weight is 244 g/mol. The van der Waals surface area contributed by atoms with Gasteiger partial charge in [-0.15, -0.1) is 0 Å². The first-order valence-corrected chi connectivity index (χ1v) is 7.06. The predicted molar refractivity (Wildman–Crippen MR) is 75.7 cm³/mol. The second-order valence-corrected chi connectivity index (χ2v) is 6.38. The fraction of sp³-hybridized carbons (Fsp3) is 0.588. The molecule has 0 saturated carbocycles. The Kier molecular flexibility index (Phi) is 3.61. The average Bonchev–Trinajstić information content (AvgIpc) is 2.37. The predicted octanol–water partition coefficient (Wildman–Crippen LogP) is 4.36. The molecule has 0 bridgehead atoms. The topological polar surface area (TPSA) is 17.1 Å². The highest BCUT2D eigenvalue weighted by molar-refractivity contribution is 5.91. The summed E-state index contributed by atoms with van der Waals surface area (Å²) in [6.07, 6.45) is 3.29. The first kappa shape index (κ1) is 13.3. The molecular formula is C17H24O. The van der Waals surface area contributed by atoms with Crippen LogP contribution in [0, 0.1) is 11.3 Å². The minimum Gasteiger partial charge on any atom is -0.298 e. The highest BCUT2D eigenvalue weighted by Crippen LogP contribution is 2.39. The van der Waals surface area contributed by atoms with E-state index in [1.807, 2.05) is 0 Å². The molecule has 1 heteroatoms. The highest BCUT2D eigenvalue weighted by atomic mass is 16.1. The van der Waals surface area contributed by atoms with Gasteiger partial charge < -0.3 is 0 Å². The minimum atomic E-state index is -0.227. The molecule has 0 spiro atoms. The highest BCUT2D eigenvalue weighted by Gasteiger charge is 2.38. The number of carbonyl (C=O) groups is 1. The van der Waals surface area contributed by atoms with Gasteiger partial charge in [-0.1, -0.05) is 52.0 Å². The lowest BCUT2D eigenvalue weighted by Crippen LogP contribution is -2.35. The number of Topliss-reactive ketones (excluding diaryl/α,β-unsaturated/α-hetero) is 1. The van der Waals surface area contributed by atoms with E-state index in [0.29, 0.717) is 11.7 Å². The SMILES string of the molecule is CC(C)C(C)(C)C(=O)C1CCCc2ccccc21. The number of hydrogen-bond acceptors (Lipinski definition) is 1. The summed E-state index contributed by atoms with van der Waals surface area (Å²) < 4.78 is 0. The Morgan fingerprint density at radius 1 is 1.28 bits per heavy atom. The van der Waals surface area contributed by atoms with Crippen LogP contribution in [-0.2, 0) is 11.2 Å². The van der Waals surface area contributed by atoms with Crippen molar-refractivity contribution in [3.8, 4) is 0 Å². The van der Waals surface area contributed by atoms with Crippen LogP contribution in [0.25, 0.3) is 0 Å². The van der Waals surface area contributed by atoms with Crippen LogP contribution in [0.5, 0.6) is 0 Å². The Bertz CT molecular complexity index is 443. The molecule has 1 aromatic carbocycles. The number of hydrogen-bond donors (Lipinski definition) is 0. The molecule has 1 aliphatic carbocycles. The van der Waals surface area contributed by atoms with Crippen LogP contribution in [-0.4, -0.2) is 5.78 Å². The largest absolute Gasteiger partial charge is 0.298 e. The summed E-state index contributed by atoms with van der Waals surface area (Å²) in [5.41, 5.74) is 2.43. The van der Waals surface area contributed by atoms with Crippen molar-refractivity contribution in [1.82, 2.24) is 0 Å². The van der Waals surface area contributed by atoms with Crippen molar-refractivity contribution in [3.63, 3.8) is 0 Å². The number of aryl methyl sites for hydroxylation is 1. The van der Waals surface area contributed by atoms with Gasteiger partial charge in [0.15, 0.2) is 0 Å². The van der Waals surface area contributed by atoms with Gasteiger partial charge in [-0.05, 0) is 36.3 Å². The van der Waals surface area contributed by atoms with Crippen molar-refractivity contribution in [3.05, 3.63) is 35.4 Å². The van der Waals surface area contributed by atoms with E-state index in [9.17, 15) is 4.79 Å². The van der Waals surface area contributed by atoms with Crippen LogP contribution in [0.2, 0.25) is 0 Å². The van der Waals surface area contributed by atoms with Crippen molar-refractivity contribution in [2.75, 3.05) is 0 Å². The summed E-state index contributed by atoms with van der Waals surface area (Å²) in [4.78, 5) is 12.8. The fourth-order valence-corrected chi connectivity index (χ4v) is 2.76. The maximum absolute atomic E-state index is 12.8. The third-order valence-electron chi connectivity index (χ3n) is 4.76. The molecule has 1 unspecified atom stereocenters. The normalized spacial score (nSPS) is 19.7. The van der Waals surface area contributed by atoms with Crippen LogP contribution < -0.4 is 0 Å². The zero-order valence-electron chi connectivity index (χ0n) is 12.0. The van der Waals surface area contributed by atoms with E-state index in [4.69, 9.17) is 0 Å². The maximum atomic E-state index is 12.8. The molecular weight excluding hydrogens is 220 g/mol. The minimum absolute atomic E-state index is 0.118. The van der Waals surface area contributed by atoms with Crippen LogP contribution in [0.1, 0.15) is 57.6 Å². The Hall–Kier alpha value is -1.11. The Labute approximate surface area is 111 Å². The molecule has 1 nitrogen and oxygen atoms in total. The third-order valence-corrected chi connectivity index (χ3v) is 4.76. The van der Waals surface area contributed by atoms with Crippen LogP contribution in [0.15, 0.2) is 24.3 Å². The molecule has 1 aromatic rings. The lowest BCUT2D eigenvalue weighted by molar-refractivity contribution is -0.131. The first-order chi connectivity index (χ1) is 8.44. The molecule has 0 fully saturated rings. The third kappa shape index (κ3) is 2.23. The van der Waals surface area contributed by atoms with Gasteiger partial charge in [-0.2, -0.15) is 0 Å². The van der Waals surface area contributed by atoms with E-state index >= 15 is 0 Å². The summed E-state index contributed by atoms with van der Waals surface area (Å²) in [5.74, 6) is 0.927. The van der Waals surface area contributed by atoms with Crippen molar-refractivity contribution in [1.29, 1.82) is 0 Å². The Morgan fingerprint density at radius 3 is 2.61 bits per heavy atom. The Morgan fingerprint density at radius 2 is 1.94 bits per heavy atom. The molecule has 0 radical (unpaired) electrons. The summed E-state index contributed by atoms with van der Waals surface area (Å²) in [7, 11) is 0. The van der Waals surface area contributed by atoms with Gasteiger partial charge >= 0.3 is 0 Å². The van der Waals surface area contributed by atoms with E-state index in [2.05, 4.69) is 52.0 Å². The molecule has 1 aliphatic rings. The lowest BCUT2D eigenvalue weighted by atomic mass is 9.68. The van der Waals surface area contributed by atoms with E-state index in [1.54, 1.807) is 0 Å². The molecule has 0 aliphatic heterocycles. The van der Waals surface area contributed by atoms with Gasteiger partial charge in [0, 0.05) is 11.3 Å². The van der Waals surface area contributed by atoms with Crippen LogP contribution >= 0.6 is 0 Å². The van der Waals surface area contributed by atoms with Crippen LogP contribution in [0.4, 0.5) is 0 Å². The number of ketones is 1. The molecule has 18 heavy (non-hydrogen) atoms. The molecule has 0 saturated heterocycles. The molecule has 0 aromatic heterocycles. The van der Waals surface area contributed by atoms with Crippen molar-refractivity contribution < 1.29 is 4.79 Å². The number of benzene rings is 1. The molecule has 98 valence electrons. The quantitative estimate of drug-likeness (QED) is 0.772. The zero-order chi connectivity index (χ0) is 13.3. The molecule has 0 N–H and O–H groups in total. The van der Waals surface area contributed by atoms with E-state index in [0.717, 1.165) is 19.3 Å². The number of carbonyl (C=O) groups excluding carboxylic acids is 1. The van der Waals surface area contributed by atoms with Crippen LogP contribution in [0.3, 0.4) is 0 Å². The number of rotatable bonds is 3.